The van der Waals surface area contributed by atoms with E-state index in [4.69, 9.17) is 10.5 Å². The van der Waals surface area contributed by atoms with Gasteiger partial charge in [0.2, 0.25) is 5.91 Å². The van der Waals surface area contributed by atoms with Gasteiger partial charge in [-0.25, -0.2) is 5.43 Å². The molecule has 0 aromatic heterocycles. The second-order valence-corrected chi connectivity index (χ2v) is 7.56. The maximum absolute atomic E-state index is 12.8. The molecule has 29 heavy (non-hydrogen) atoms. The van der Waals surface area contributed by atoms with Gasteiger partial charge in [-0.05, 0) is 34.7 Å². The van der Waals surface area contributed by atoms with E-state index in [1.807, 2.05) is 36.4 Å². The Bertz CT molecular complexity index is 780. The van der Waals surface area contributed by atoms with E-state index >= 15 is 0 Å². The van der Waals surface area contributed by atoms with Crippen LogP contribution in [0.15, 0.2) is 48.5 Å². The van der Waals surface area contributed by atoms with Crippen LogP contribution in [0.5, 0.6) is 5.75 Å². The first-order chi connectivity index (χ1) is 13.5. The Morgan fingerprint density at radius 2 is 1.76 bits per heavy atom. The van der Waals surface area contributed by atoms with Crippen LogP contribution in [0.4, 0.5) is 0 Å². The molecule has 3 unspecified atom stereocenters. The summed E-state index contributed by atoms with van der Waals surface area (Å²) < 4.78 is 5.20. The zero-order valence-electron chi connectivity index (χ0n) is 17.1. The number of nitrogens with one attached hydrogen (secondary N) is 3. The van der Waals surface area contributed by atoms with Crippen LogP contribution in [0.2, 0.25) is 0 Å². The summed E-state index contributed by atoms with van der Waals surface area (Å²) in [6.07, 6.45) is 0. The van der Waals surface area contributed by atoms with E-state index in [1.165, 1.54) is 5.56 Å². The molecule has 0 spiro atoms. The van der Waals surface area contributed by atoms with E-state index in [0.717, 1.165) is 16.9 Å². The smallest absolute Gasteiger partial charge is 0.226 e. The van der Waals surface area contributed by atoms with E-state index < -0.39 is 0 Å². The van der Waals surface area contributed by atoms with Crippen molar-refractivity contribution < 1.29 is 9.53 Å². The number of halogens is 1. The van der Waals surface area contributed by atoms with Gasteiger partial charge in [-0.3, -0.25) is 10.2 Å². The molecular weight excluding hydrogens is 388 g/mol. The zero-order chi connectivity index (χ0) is 20.1. The summed E-state index contributed by atoms with van der Waals surface area (Å²) in [7, 11) is 1.64. The molecule has 3 rings (SSSR count). The molecule has 1 heterocycles. The quantitative estimate of drug-likeness (QED) is 0.555. The molecule has 1 saturated heterocycles. The number of hydrogen-bond donors (Lipinski definition) is 4. The molecule has 5 N–H and O–H groups in total. The van der Waals surface area contributed by atoms with Gasteiger partial charge in [0.25, 0.3) is 0 Å². The summed E-state index contributed by atoms with van der Waals surface area (Å²) in [5.74, 6) is 1.07. The fraction of sp³-hybridized carbons (Fsp3) is 0.409. The van der Waals surface area contributed by atoms with Crippen LogP contribution in [0.3, 0.4) is 0 Å². The van der Waals surface area contributed by atoms with Crippen molar-refractivity contribution in [1.29, 1.82) is 0 Å². The first-order valence-electron chi connectivity index (χ1n) is 9.75. The number of rotatable bonds is 7. The number of methoxy groups -OCH3 is 1. The van der Waals surface area contributed by atoms with E-state index in [9.17, 15) is 4.79 Å². The number of benzene rings is 2. The minimum Gasteiger partial charge on any atom is -0.497 e. The molecule has 3 atom stereocenters. The van der Waals surface area contributed by atoms with Crippen molar-refractivity contribution in [1.82, 2.24) is 16.2 Å². The summed E-state index contributed by atoms with van der Waals surface area (Å²) in [4.78, 5) is 12.8. The van der Waals surface area contributed by atoms with Crippen molar-refractivity contribution in [3.63, 3.8) is 0 Å². The maximum Gasteiger partial charge on any atom is 0.226 e. The topological polar surface area (TPSA) is 88.4 Å². The normalized spacial score (nSPS) is 19.5. The van der Waals surface area contributed by atoms with Gasteiger partial charge in [0, 0.05) is 19.1 Å². The van der Waals surface area contributed by atoms with E-state index in [1.54, 1.807) is 7.11 Å². The SMILES string of the molecule is COc1ccc(C2NNCC2C(=O)NCC(N)c2ccc(C(C)C)cc2)cc1.Cl. The van der Waals surface area contributed by atoms with Crippen LogP contribution in [-0.2, 0) is 4.79 Å². The standard InChI is InChI=1S/C22H30N4O2.ClH/c1-14(2)15-4-6-16(7-5-15)20(23)13-24-22(27)19-12-25-26-21(19)17-8-10-18(28-3)11-9-17;/h4-11,14,19-21,25-26H,12-13,23H2,1-3H3,(H,24,27);1H. The van der Waals surface area contributed by atoms with Crippen molar-refractivity contribution in [3.05, 3.63) is 65.2 Å². The van der Waals surface area contributed by atoms with Crippen LogP contribution in [-0.4, -0.2) is 26.1 Å². The summed E-state index contributed by atoms with van der Waals surface area (Å²) in [6.45, 7) is 5.31. The lowest BCUT2D eigenvalue weighted by Crippen LogP contribution is -2.38. The Labute approximate surface area is 179 Å². The molecule has 1 aliphatic rings. The molecule has 6 nitrogen and oxygen atoms in total. The molecule has 1 aliphatic heterocycles. The number of carbonyl (C=O) groups is 1. The summed E-state index contributed by atoms with van der Waals surface area (Å²) in [6, 6.07) is 15.7. The number of hydrogen-bond acceptors (Lipinski definition) is 5. The van der Waals surface area contributed by atoms with Crippen LogP contribution in [0, 0.1) is 5.92 Å². The van der Waals surface area contributed by atoms with Gasteiger partial charge in [-0.15, -0.1) is 12.4 Å². The highest BCUT2D eigenvalue weighted by molar-refractivity contribution is 5.85. The Morgan fingerprint density at radius 1 is 1.14 bits per heavy atom. The predicted molar refractivity (Wildman–Crippen MR) is 118 cm³/mol. The van der Waals surface area contributed by atoms with Gasteiger partial charge in [0.05, 0.1) is 19.1 Å². The average Bonchev–Trinajstić information content (AvgIpc) is 3.22. The van der Waals surface area contributed by atoms with Gasteiger partial charge in [0.1, 0.15) is 5.75 Å². The van der Waals surface area contributed by atoms with Crippen LogP contribution >= 0.6 is 12.4 Å². The van der Waals surface area contributed by atoms with Crippen molar-refractivity contribution in [3.8, 4) is 5.75 Å². The molecular formula is C22H31ClN4O2. The summed E-state index contributed by atoms with van der Waals surface area (Å²) in [5, 5.41) is 3.01. The molecule has 7 heteroatoms. The van der Waals surface area contributed by atoms with Crippen LogP contribution in [0.25, 0.3) is 0 Å². The molecule has 0 bridgehead atoms. The highest BCUT2D eigenvalue weighted by atomic mass is 35.5. The monoisotopic (exact) mass is 418 g/mol. The minimum atomic E-state index is -0.230. The van der Waals surface area contributed by atoms with Gasteiger partial charge in [-0.1, -0.05) is 50.2 Å². The maximum atomic E-state index is 12.8. The number of hydrazine groups is 1. The van der Waals surface area contributed by atoms with Gasteiger partial charge >= 0.3 is 0 Å². The van der Waals surface area contributed by atoms with Crippen molar-refractivity contribution in [2.75, 3.05) is 20.2 Å². The first kappa shape index (κ1) is 23.2. The lowest BCUT2D eigenvalue weighted by atomic mass is 9.94. The molecule has 0 radical (unpaired) electrons. The lowest BCUT2D eigenvalue weighted by Gasteiger charge is -2.20. The van der Waals surface area contributed by atoms with Crippen LogP contribution < -0.4 is 26.6 Å². The number of carbonyl (C=O) groups excluding carboxylic acids is 1. The number of ether oxygens (including phenoxy) is 1. The second kappa shape index (κ2) is 10.6. The highest BCUT2D eigenvalue weighted by Crippen LogP contribution is 2.27. The summed E-state index contributed by atoms with van der Waals surface area (Å²) in [5.41, 5.74) is 15.9. The fourth-order valence-electron chi connectivity index (χ4n) is 3.46. The molecule has 0 saturated carbocycles. The lowest BCUT2D eigenvalue weighted by molar-refractivity contribution is -0.125. The highest BCUT2D eigenvalue weighted by Gasteiger charge is 2.34. The average molecular weight is 419 g/mol. The van der Waals surface area contributed by atoms with E-state index in [-0.39, 0.29) is 36.3 Å². The Hall–Kier alpha value is -2.12. The Kier molecular flexibility index (Phi) is 8.46. The molecule has 158 valence electrons. The molecule has 1 amide bonds. The third-order valence-electron chi connectivity index (χ3n) is 5.32. The largest absolute Gasteiger partial charge is 0.497 e. The zero-order valence-corrected chi connectivity index (χ0v) is 18.0. The van der Waals surface area contributed by atoms with Crippen molar-refractivity contribution in [2.24, 2.45) is 11.7 Å². The van der Waals surface area contributed by atoms with E-state index in [2.05, 4.69) is 42.1 Å². The number of nitrogens with two attached hydrogens (primary N) is 1. The molecule has 2 aromatic carbocycles. The number of amides is 1. The Balaban J connectivity index is 0.00000300. The molecule has 2 aromatic rings. The first-order valence-corrected chi connectivity index (χ1v) is 9.75. The van der Waals surface area contributed by atoms with Crippen LogP contribution in [0.1, 0.15) is 48.5 Å². The third kappa shape index (κ3) is 5.70. The van der Waals surface area contributed by atoms with E-state index in [0.29, 0.717) is 19.0 Å². The van der Waals surface area contributed by atoms with Gasteiger partial charge in [-0.2, -0.15) is 0 Å². The third-order valence-corrected chi connectivity index (χ3v) is 5.32. The van der Waals surface area contributed by atoms with Crippen molar-refractivity contribution >= 4 is 18.3 Å². The second-order valence-electron chi connectivity index (χ2n) is 7.56. The predicted octanol–water partition coefficient (Wildman–Crippen LogP) is 2.82. The van der Waals surface area contributed by atoms with Gasteiger partial charge < -0.3 is 15.8 Å². The molecule has 0 aliphatic carbocycles. The Morgan fingerprint density at radius 3 is 2.34 bits per heavy atom. The molecule has 1 fully saturated rings. The fourth-order valence-corrected chi connectivity index (χ4v) is 3.46. The van der Waals surface area contributed by atoms with Gasteiger partial charge in [0.15, 0.2) is 0 Å². The summed E-state index contributed by atoms with van der Waals surface area (Å²) >= 11 is 0. The minimum absolute atomic E-state index is 0. The van der Waals surface area contributed by atoms with Crippen molar-refractivity contribution in [2.45, 2.75) is 31.8 Å².